The molecule has 0 saturated carbocycles. The first-order valence-electron chi connectivity index (χ1n) is 7.26. The minimum atomic E-state index is -4.48. The summed E-state index contributed by atoms with van der Waals surface area (Å²) < 4.78 is 43.6. The lowest BCUT2D eigenvalue weighted by atomic mass is 10.2. The van der Waals surface area contributed by atoms with Gasteiger partial charge in [-0.15, -0.1) is 11.3 Å². The Morgan fingerprint density at radius 2 is 1.74 bits per heavy atom. The van der Waals surface area contributed by atoms with Crippen molar-refractivity contribution >= 4 is 51.8 Å². The van der Waals surface area contributed by atoms with E-state index in [2.05, 4.69) is 15.3 Å². The molecular weight excluding hydrogens is 446 g/mol. The first kappa shape index (κ1) is 20.0. The molecule has 0 bridgehead atoms. The maximum atomic E-state index is 12.6. The zero-order chi connectivity index (χ0) is 19.6. The summed E-state index contributed by atoms with van der Waals surface area (Å²) in [4.78, 5) is 8.49. The Labute approximate surface area is 170 Å². The van der Waals surface area contributed by atoms with Crippen LogP contribution >= 0.6 is 46.1 Å². The van der Waals surface area contributed by atoms with Gasteiger partial charge >= 0.3 is 6.18 Å². The van der Waals surface area contributed by atoms with Crippen LogP contribution in [0, 0.1) is 0 Å². The quantitative estimate of drug-likeness (QED) is 0.454. The van der Waals surface area contributed by atoms with Crippen LogP contribution in [0.2, 0.25) is 14.5 Å². The van der Waals surface area contributed by atoms with Crippen LogP contribution in [-0.2, 0) is 12.7 Å². The van der Waals surface area contributed by atoms with Gasteiger partial charge in [-0.25, -0.2) is 9.97 Å². The number of aromatic nitrogens is 2. The molecule has 0 radical (unpaired) electrons. The highest BCUT2D eigenvalue weighted by Gasteiger charge is 2.30. The van der Waals surface area contributed by atoms with E-state index in [1.54, 1.807) is 18.3 Å². The predicted molar refractivity (Wildman–Crippen MR) is 100 cm³/mol. The molecule has 0 amide bonds. The average Bonchev–Trinajstić information content (AvgIpc) is 3.01. The first-order chi connectivity index (χ1) is 12.7. The van der Waals surface area contributed by atoms with Crippen molar-refractivity contribution in [2.45, 2.75) is 12.7 Å². The van der Waals surface area contributed by atoms with Gasteiger partial charge in [-0.05, 0) is 18.2 Å². The number of hydrogen-bond donors (Lipinski definition) is 1. The van der Waals surface area contributed by atoms with Gasteiger partial charge in [0.1, 0.15) is 0 Å². The van der Waals surface area contributed by atoms with Crippen LogP contribution in [0.1, 0.15) is 10.4 Å². The number of nitrogens with zero attached hydrogens (tertiary/aromatic N) is 2. The Kier molecular flexibility index (Phi) is 6.00. The number of ether oxygens (including phenoxy) is 1. The van der Waals surface area contributed by atoms with Crippen molar-refractivity contribution in [1.29, 1.82) is 0 Å². The summed E-state index contributed by atoms with van der Waals surface area (Å²) in [6, 6.07) is 5.11. The number of hydrogen-bond acceptors (Lipinski definition) is 5. The van der Waals surface area contributed by atoms with Gasteiger partial charge in [0, 0.05) is 29.0 Å². The van der Waals surface area contributed by atoms with Crippen molar-refractivity contribution in [3.05, 3.63) is 61.6 Å². The third-order valence-electron chi connectivity index (χ3n) is 3.26. The summed E-state index contributed by atoms with van der Waals surface area (Å²) in [6.07, 6.45) is -2.15. The van der Waals surface area contributed by atoms with Gasteiger partial charge in [-0.3, -0.25) is 0 Å². The van der Waals surface area contributed by atoms with Gasteiger partial charge in [0.2, 0.25) is 5.88 Å². The second-order valence-electron chi connectivity index (χ2n) is 5.19. The first-order valence-corrected chi connectivity index (χ1v) is 9.21. The summed E-state index contributed by atoms with van der Waals surface area (Å²) in [5.41, 5.74) is -0.253. The van der Waals surface area contributed by atoms with Crippen molar-refractivity contribution in [2.75, 3.05) is 5.32 Å². The number of halogens is 6. The topological polar surface area (TPSA) is 47.0 Å². The van der Waals surface area contributed by atoms with Crippen LogP contribution in [-0.4, -0.2) is 9.97 Å². The van der Waals surface area contributed by atoms with E-state index in [4.69, 9.17) is 39.5 Å². The number of thiazole rings is 1. The van der Waals surface area contributed by atoms with Gasteiger partial charge in [0.15, 0.2) is 10.2 Å². The van der Waals surface area contributed by atoms with Gasteiger partial charge in [-0.2, -0.15) is 13.2 Å². The summed E-state index contributed by atoms with van der Waals surface area (Å²) in [7, 11) is 0. The molecule has 0 atom stereocenters. The normalized spacial score (nSPS) is 11.5. The number of alkyl halides is 3. The van der Waals surface area contributed by atoms with E-state index in [0.717, 1.165) is 17.0 Å². The molecule has 142 valence electrons. The van der Waals surface area contributed by atoms with E-state index >= 15 is 0 Å². The van der Waals surface area contributed by atoms with Crippen LogP contribution in [0.15, 0.2) is 36.7 Å². The smallest absolute Gasteiger partial charge is 0.417 e. The van der Waals surface area contributed by atoms with Gasteiger partial charge in [0.25, 0.3) is 0 Å². The largest absolute Gasteiger partial charge is 0.436 e. The van der Waals surface area contributed by atoms with Gasteiger partial charge < -0.3 is 10.1 Å². The van der Waals surface area contributed by atoms with Gasteiger partial charge in [-0.1, -0.05) is 34.8 Å². The molecule has 2 aromatic heterocycles. The van der Waals surface area contributed by atoms with Crippen molar-refractivity contribution in [3.8, 4) is 11.6 Å². The monoisotopic (exact) mass is 453 g/mol. The molecule has 4 nitrogen and oxygen atoms in total. The minimum absolute atomic E-state index is 0.0631. The van der Waals surface area contributed by atoms with Crippen LogP contribution in [0.4, 0.5) is 18.9 Å². The van der Waals surface area contributed by atoms with Gasteiger partial charge in [0.05, 0.1) is 22.2 Å². The molecule has 0 aliphatic heterocycles. The predicted octanol–water partition coefficient (Wildman–Crippen LogP) is 6.92. The molecule has 11 heteroatoms. The highest BCUT2D eigenvalue weighted by molar-refractivity contribution is 7.15. The van der Waals surface area contributed by atoms with Crippen LogP contribution in [0.3, 0.4) is 0 Å². The molecular formula is C16H9Cl3F3N3OS. The summed E-state index contributed by atoms with van der Waals surface area (Å²) >= 11 is 19.5. The van der Waals surface area contributed by atoms with E-state index in [0.29, 0.717) is 22.9 Å². The fourth-order valence-corrected chi connectivity index (χ4v) is 3.51. The Hall–Kier alpha value is -1.74. The summed E-state index contributed by atoms with van der Waals surface area (Å²) in [5.74, 6) is 0.0313. The van der Waals surface area contributed by atoms with E-state index < -0.39 is 11.7 Å². The highest BCUT2D eigenvalue weighted by Crippen LogP contribution is 2.39. The number of pyridine rings is 1. The molecule has 3 rings (SSSR count). The maximum absolute atomic E-state index is 12.6. The fraction of sp³-hybridized carbons (Fsp3) is 0.125. The zero-order valence-corrected chi connectivity index (χ0v) is 16.2. The van der Waals surface area contributed by atoms with Crippen molar-refractivity contribution in [1.82, 2.24) is 9.97 Å². The molecule has 0 spiro atoms. The van der Waals surface area contributed by atoms with Crippen molar-refractivity contribution < 1.29 is 17.9 Å². The minimum Gasteiger partial charge on any atom is -0.436 e. The maximum Gasteiger partial charge on any atom is 0.417 e. The zero-order valence-electron chi connectivity index (χ0n) is 13.1. The number of anilines is 1. The lowest BCUT2D eigenvalue weighted by Crippen LogP contribution is -2.05. The molecule has 1 aromatic carbocycles. The van der Waals surface area contributed by atoms with E-state index in [-0.39, 0.29) is 21.7 Å². The Morgan fingerprint density at radius 1 is 1.04 bits per heavy atom. The molecule has 0 saturated heterocycles. The molecule has 0 aliphatic carbocycles. The molecule has 1 N–H and O–H groups in total. The molecule has 0 fully saturated rings. The van der Waals surface area contributed by atoms with E-state index in [9.17, 15) is 13.2 Å². The standard InChI is InChI=1S/C16H9Cl3F3N3OS/c17-11-3-9(23-6-10-7-25-15(19)27-10)4-12(18)14(11)26-13-2-1-8(5-24-13)16(20,21)22/h1-5,7,23H,6H2. The van der Waals surface area contributed by atoms with E-state index in [1.807, 2.05) is 0 Å². The van der Waals surface area contributed by atoms with E-state index in [1.165, 1.54) is 11.3 Å². The fourth-order valence-electron chi connectivity index (χ4n) is 2.03. The Morgan fingerprint density at radius 3 is 2.26 bits per heavy atom. The third-order valence-corrected chi connectivity index (χ3v) is 4.94. The SMILES string of the molecule is FC(F)(F)c1ccc(Oc2c(Cl)cc(NCc3cnc(Cl)s3)cc2Cl)nc1. The second kappa shape index (κ2) is 8.10. The number of benzene rings is 1. The van der Waals surface area contributed by atoms with Crippen molar-refractivity contribution in [3.63, 3.8) is 0 Å². The lowest BCUT2D eigenvalue weighted by Gasteiger charge is -2.12. The molecule has 3 aromatic rings. The van der Waals surface area contributed by atoms with Crippen molar-refractivity contribution in [2.24, 2.45) is 0 Å². The van der Waals surface area contributed by atoms with Crippen LogP contribution in [0.5, 0.6) is 11.6 Å². The third kappa shape index (κ3) is 5.16. The second-order valence-corrected chi connectivity index (χ2v) is 7.70. The molecule has 0 unspecified atom stereocenters. The van der Waals surface area contributed by atoms with Crippen LogP contribution < -0.4 is 10.1 Å². The lowest BCUT2D eigenvalue weighted by molar-refractivity contribution is -0.137. The Bertz CT molecular complexity index is 925. The number of rotatable bonds is 5. The average molecular weight is 455 g/mol. The summed E-state index contributed by atoms with van der Waals surface area (Å²) in [6.45, 7) is 0.470. The summed E-state index contributed by atoms with van der Waals surface area (Å²) in [5, 5.41) is 3.47. The molecule has 2 heterocycles. The Balaban J connectivity index is 1.72. The number of nitrogens with one attached hydrogen (secondary N) is 1. The highest BCUT2D eigenvalue weighted by atomic mass is 35.5. The molecule has 0 aliphatic rings. The molecule has 27 heavy (non-hydrogen) atoms. The van der Waals surface area contributed by atoms with Crippen LogP contribution in [0.25, 0.3) is 0 Å².